The highest BCUT2D eigenvalue weighted by atomic mass is 16.5. The van der Waals surface area contributed by atoms with Gasteiger partial charge < -0.3 is 10.1 Å². The molecule has 136 valence electrons. The first-order valence-corrected chi connectivity index (χ1v) is 9.40. The molecule has 27 heavy (non-hydrogen) atoms. The Morgan fingerprint density at radius 2 is 2.04 bits per heavy atom. The van der Waals surface area contributed by atoms with Crippen molar-refractivity contribution in [3.8, 4) is 11.1 Å². The predicted molar refractivity (Wildman–Crippen MR) is 104 cm³/mol. The van der Waals surface area contributed by atoms with Gasteiger partial charge in [-0.3, -0.25) is 4.79 Å². The number of benzene rings is 2. The molecule has 1 fully saturated rings. The second-order valence-electron chi connectivity index (χ2n) is 7.29. The summed E-state index contributed by atoms with van der Waals surface area (Å²) in [6.45, 7) is 2.34. The number of nitrogens with zero attached hydrogens (tertiary/aromatic N) is 2. The van der Waals surface area contributed by atoms with Crippen molar-refractivity contribution in [2.75, 3.05) is 18.5 Å². The van der Waals surface area contributed by atoms with Crippen molar-refractivity contribution in [2.24, 2.45) is 5.92 Å². The fourth-order valence-corrected chi connectivity index (χ4v) is 4.01. The van der Waals surface area contributed by atoms with Crippen LogP contribution in [0.15, 0.2) is 54.7 Å². The molecule has 5 nitrogen and oxygen atoms in total. The summed E-state index contributed by atoms with van der Waals surface area (Å²) in [4.78, 5) is 12.8. The van der Waals surface area contributed by atoms with Gasteiger partial charge in [-0.1, -0.05) is 30.3 Å². The van der Waals surface area contributed by atoms with Crippen molar-refractivity contribution in [2.45, 2.75) is 19.4 Å². The summed E-state index contributed by atoms with van der Waals surface area (Å²) < 4.78 is 7.30. The molecule has 3 aromatic rings. The van der Waals surface area contributed by atoms with E-state index in [0.29, 0.717) is 11.5 Å². The zero-order valence-electron chi connectivity index (χ0n) is 15.0. The number of ether oxygens (including phenoxy) is 1. The minimum absolute atomic E-state index is 0.105. The van der Waals surface area contributed by atoms with Crippen LogP contribution in [-0.2, 0) is 17.7 Å². The van der Waals surface area contributed by atoms with Gasteiger partial charge in [-0.05, 0) is 47.2 Å². The van der Waals surface area contributed by atoms with Crippen LogP contribution in [0, 0.1) is 5.92 Å². The number of aromatic nitrogens is 2. The number of carbonyl (C=O) groups is 1. The van der Waals surface area contributed by atoms with Crippen LogP contribution >= 0.6 is 0 Å². The molecule has 0 saturated carbocycles. The first-order chi connectivity index (χ1) is 13.3. The minimum Gasteiger partial charge on any atom is -0.381 e. The molecule has 1 aliphatic heterocycles. The molecule has 0 radical (unpaired) electrons. The van der Waals surface area contributed by atoms with Gasteiger partial charge in [0.1, 0.15) is 5.82 Å². The lowest BCUT2D eigenvalue weighted by molar-refractivity contribution is 0.102. The lowest BCUT2D eigenvalue weighted by atomic mass is 10.0. The second-order valence-corrected chi connectivity index (χ2v) is 7.29. The number of nitrogens with one attached hydrogen (secondary N) is 1. The Morgan fingerprint density at radius 1 is 1.15 bits per heavy atom. The molecular formula is C22H21N3O2. The lowest BCUT2D eigenvalue weighted by Gasteiger charge is -2.12. The fourth-order valence-electron chi connectivity index (χ4n) is 4.01. The van der Waals surface area contributed by atoms with Crippen molar-refractivity contribution in [3.05, 3.63) is 71.4 Å². The average Bonchev–Trinajstić information content (AvgIpc) is 3.42. The molecule has 2 heterocycles. The van der Waals surface area contributed by atoms with Gasteiger partial charge in [0.05, 0.1) is 12.8 Å². The third-order valence-electron chi connectivity index (χ3n) is 5.47. The van der Waals surface area contributed by atoms with Gasteiger partial charge in [0, 0.05) is 30.7 Å². The highest BCUT2D eigenvalue weighted by molar-refractivity contribution is 6.05. The fraction of sp³-hybridized carbons (Fsp3) is 0.273. The number of fused-ring (bicyclic) bond motifs is 3. The number of hydrogen-bond donors (Lipinski definition) is 1. The number of rotatable bonds is 4. The lowest BCUT2D eigenvalue weighted by Crippen LogP contribution is -2.18. The van der Waals surface area contributed by atoms with E-state index in [1.165, 1.54) is 16.7 Å². The van der Waals surface area contributed by atoms with Gasteiger partial charge >= 0.3 is 0 Å². The number of carbonyl (C=O) groups excluding carboxylic acids is 1. The molecule has 1 N–H and O–H groups in total. The van der Waals surface area contributed by atoms with Gasteiger partial charge in [-0.25, -0.2) is 4.68 Å². The van der Waals surface area contributed by atoms with E-state index >= 15 is 0 Å². The Balaban J connectivity index is 1.37. The first-order valence-electron chi connectivity index (χ1n) is 9.40. The molecule has 0 spiro atoms. The monoisotopic (exact) mass is 359 g/mol. The molecule has 2 aliphatic rings. The highest BCUT2D eigenvalue weighted by Gasteiger charge is 2.21. The molecule has 1 aromatic heterocycles. The van der Waals surface area contributed by atoms with E-state index in [1.807, 2.05) is 28.9 Å². The van der Waals surface area contributed by atoms with Crippen LogP contribution in [-0.4, -0.2) is 28.9 Å². The van der Waals surface area contributed by atoms with E-state index in [4.69, 9.17) is 4.74 Å². The average molecular weight is 359 g/mol. The summed E-state index contributed by atoms with van der Waals surface area (Å²) >= 11 is 0. The number of hydrogen-bond acceptors (Lipinski definition) is 3. The minimum atomic E-state index is -0.105. The molecule has 1 amide bonds. The standard InChI is InChI=1S/C22H21N3O2/c26-22(24-21-7-9-23-25(21)13-15-8-10-27-14-15)18-6-5-17-11-16-3-1-2-4-19(16)20(17)12-18/h1-7,9,12,15H,8,10-11,13-14H2,(H,24,26). The van der Waals surface area contributed by atoms with Crippen LogP contribution < -0.4 is 5.32 Å². The topological polar surface area (TPSA) is 56.2 Å². The molecule has 1 atom stereocenters. The van der Waals surface area contributed by atoms with E-state index < -0.39 is 0 Å². The van der Waals surface area contributed by atoms with Gasteiger partial charge in [0.15, 0.2) is 0 Å². The van der Waals surface area contributed by atoms with Crippen LogP contribution in [0.25, 0.3) is 11.1 Å². The van der Waals surface area contributed by atoms with Crippen LogP contribution in [0.1, 0.15) is 27.9 Å². The summed E-state index contributed by atoms with van der Waals surface area (Å²) in [5, 5.41) is 7.38. The maximum Gasteiger partial charge on any atom is 0.256 e. The quantitative estimate of drug-likeness (QED) is 0.604. The summed E-state index contributed by atoms with van der Waals surface area (Å²) in [6.07, 6.45) is 3.70. The third kappa shape index (κ3) is 3.04. The Labute approximate surface area is 158 Å². The van der Waals surface area contributed by atoms with E-state index in [9.17, 15) is 4.79 Å². The van der Waals surface area contributed by atoms with E-state index in [-0.39, 0.29) is 5.91 Å². The van der Waals surface area contributed by atoms with Crippen molar-refractivity contribution < 1.29 is 9.53 Å². The molecule has 5 rings (SSSR count). The largest absolute Gasteiger partial charge is 0.381 e. The zero-order chi connectivity index (χ0) is 18.2. The van der Waals surface area contributed by atoms with Gasteiger partial charge in [-0.2, -0.15) is 5.10 Å². The van der Waals surface area contributed by atoms with Gasteiger partial charge in [-0.15, -0.1) is 0 Å². The van der Waals surface area contributed by atoms with Crippen molar-refractivity contribution in [3.63, 3.8) is 0 Å². The van der Waals surface area contributed by atoms with Crippen LogP contribution in [0.5, 0.6) is 0 Å². The molecule has 2 aromatic carbocycles. The Morgan fingerprint density at radius 3 is 2.93 bits per heavy atom. The summed E-state index contributed by atoms with van der Waals surface area (Å²) in [6, 6.07) is 16.2. The Kier molecular flexibility index (Phi) is 4.02. The summed E-state index contributed by atoms with van der Waals surface area (Å²) in [7, 11) is 0. The smallest absolute Gasteiger partial charge is 0.256 e. The van der Waals surface area contributed by atoms with Crippen LogP contribution in [0.4, 0.5) is 5.82 Å². The molecular weight excluding hydrogens is 338 g/mol. The molecule has 1 unspecified atom stereocenters. The Bertz CT molecular complexity index is 1000. The number of amides is 1. The summed E-state index contributed by atoms with van der Waals surface area (Å²) in [5.41, 5.74) is 5.66. The maximum atomic E-state index is 12.8. The first kappa shape index (κ1) is 16.3. The molecule has 1 saturated heterocycles. The van der Waals surface area contributed by atoms with Crippen molar-refractivity contribution >= 4 is 11.7 Å². The number of anilines is 1. The zero-order valence-corrected chi connectivity index (χ0v) is 15.0. The SMILES string of the molecule is O=C(Nc1ccnn1CC1CCOC1)c1ccc2c(c1)-c1ccccc1C2. The highest BCUT2D eigenvalue weighted by Crippen LogP contribution is 2.36. The summed E-state index contributed by atoms with van der Waals surface area (Å²) in [5.74, 6) is 1.08. The van der Waals surface area contributed by atoms with E-state index in [0.717, 1.165) is 44.0 Å². The van der Waals surface area contributed by atoms with Gasteiger partial charge in [0.25, 0.3) is 5.91 Å². The third-order valence-corrected chi connectivity index (χ3v) is 5.47. The normalized spacial score (nSPS) is 17.6. The second kappa shape index (κ2) is 6.67. The van der Waals surface area contributed by atoms with Crippen LogP contribution in [0.2, 0.25) is 0 Å². The molecule has 1 aliphatic carbocycles. The molecule has 5 heteroatoms. The van der Waals surface area contributed by atoms with Crippen molar-refractivity contribution in [1.82, 2.24) is 9.78 Å². The van der Waals surface area contributed by atoms with Crippen LogP contribution in [0.3, 0.4) is 0 Å². The van der Waals surface area contributed by atoms with E-state index in [1.54, 1.807) is 6.20 Å². The van der Waals surface area contributed by atoms with E-state index in [2.05, 4.69) is 34.7 Å². The van der Waals surface area contributed by atoms with Gasteiger partial charge in [0.2, 0.25) is 0 Å². The predicted octanol–water partition coefficient (Wildman–Crippen LogP) is 3.74. The van der Waals surface area contributed by atoms with Crippen molar-refractivity contribution in [1.29, 1.82) is 0 Å². The molecule has 0 bridgehead atoms. The maximum absolute atomic E-state index is 12.8. The Hall–Kier alpha value is -2.92.